The zero-order valence-corrected chi connectivity index (χ0v) is 19.3. The Hall–Kier alpha value is -1.19. The third-order valence-electron chi connectivity index (χ3n) is 6.71. The van der Waals surface area contributed by atoms with E-state index < -0.39 is 12.8 Å². The van der Waals surface area contributed by atoms with Gasteiger partial charge in [0.25, 0.3) is 5.19 Å². The topological polar surface area (TPSA) is 51.7 Å². The molecule has 3 aliphatic rings. The van der Waals surface area contributed by atoms with E-state index in [2.05, 4.69) is 9.88 Å². The van der Waals surface area contributed by atoms with Crippen LogP contribution in [0.15, 0.2) is 0 Å². The van der Waals surface area contributed by atoms with Crippen molar-refractivity contribution < 1.29 is 27.4 Å². The second-order valence-electron chi connectivity index (χ2n) is 9.51. The minimum absolute atomic E-state index is 0.122. The molecule has 0 N–H and O–H groups in total. The molecule has 0 spiro atoms. The molecule has 9 heteroatoms. The van der Waals surface area contributed by atoms with Crippen molar-refractivity contribution in [3.8, 4) is 5.19 Å². The van der Waals surface area contributed by atoms with Crippen LogP contribution in [0.3, 0.4) is 0 Å². The van der Waals surface area contributed by atoms with Gasteiger partial charge in [0.1, 0.15) is 5.78 Å². The Kier molecular flexibility index (Phi) is 8.10. The molecule has 3 heterocycles. The summed E-state index contributed by atoms with van der Waals surface area (Å²) in [7, 11) is 0. The molecule has 1 aliphatic carbocycles. The molecule has 1 saturated carbocycles. The summed E-state index contributed by atoms with van der Waals surface area (Å²) in [5, 5.41) is 0.122. The maximum atomic E-state index is 12.3. The number of carbonyl (C=O) groups is 1. The fourth-order valence-corrected chi connectivity index (χ4v) is 5.53. The standard InChI is InChI=1S/C23H33F3N2O3S/c24-23(25,26)15-31-22-27-20-8-11-28(12-9-21(20)32-22)10-7-19-6-4-17(14-30-19)13-18(29)5-3-16-1-2-16/h16-17,19H,1-15H2/t17-,19-/m1/s1. The molecule has 2 fully saturated rings. The van der Waals surface area contributed by atoms with Crippen LogP contribution in [0.2, 0.25) is 0 Å². The number of hydrogen-bond donors (Lipinski definition) is 0. The maximum absolute atomic E-state index is 12.3. The number of thiazole rings is 1. The van der Waals surface area contributed by atoms with Crippen LogP contribution in [-0.2, 0) is 22.4 Å². The van der Waals surface area contributed by atoms with Crippen molar-refractivity contribution in [2.24, 2.45) is 11.8 Å². The third kappa shape index (κ3) is 7.70. The highest BCUT2D eigenvalue weighted by atomic mass is 32.1. The van der Waals surface area contributed by atoms with E-state index in [1.807, 2.05) is 0 Å². The van der Waals surface area contributed by atoms with E-state index in [1.165, 1.54) is 24.2 Å². The Bertz CT molecular complexity index is 733. The van der Waals surface area contributed by atoms with Crippen molar-refractivity contribution in [3.05, 3.63) is 10.6 Å². The van der Waals surface area contributed by atoms with Gasteiger partial charge in [0.15, 0.2) is 6.61 Å². The second-order valence-corrected chi connectivity index (χ2v) is 10.6. The van der Waals surface area contributed by atoms with Gasteiger partial charge < -0.3 is 14.4 Å². The van der Waals surface area contributed by atoms with Crippen molar-refractivity contribution >= 4 is 17.1 Å². The molecule has 2 atom stereocenters. The van der Waals surface area contributed by atoms with Gasteiger partial charge in [0.2, 0.25) is 0 Å². The highest BCUT2D eigenvalue weighted by Gasteiger charge is 2.30. The molecule has 1 aromatic rings. The molecule has 0 amide bonds. The Morgan fingerprint density at radius 1 is 1.12 bits per heavy atom. The van der Waals surface area contributed by atoms with Crippen LogP contribution in [-0.4, -0.2) is 60.8 Å². The van der Waals surface area contributed by atoms with Crippen molar-refractivity contribution in [3.63, 3.8) is 0 Å². The molecule has 1 saturated heterocycles. The SMILES string of the molecule is O=C(CCC1CC1)C[C@H]1CC[C@H](CCN2CCc3nc(OCC(F)(F)F)sc3CC2)OC1. The number of rotatable bonds is 10. The molecule has 0 radical (unpaired) electrons. The van der Waals surface area contributed by atoms with Gasteiger partial charge in [-0.15, -0.1) is 0 Å². The monoisotopic (exact) mass is 474 g/mol. The maximum Gasteiger partial charge on any atom is 0.422 e. The van der Waals surface area contributed by atoms with Gasteiger partial charge >= 0.3 is 6.18 Å². The van der Waals surface area contributed by atoms with Gasteiger partial charge in [0.05, 0.1) is 18.4 Å². The second kappa shape index (κ2) is 10.8. The molecule has 5 nitrogen and oxygen atoms in total. The Labute approximate surface area is 191 Å². The van der Waals surface area contributed by atoms with Crippen LogP contribution in [0.25, 0.3) is 0 Å². The fraction of sp³-hybridized carbons (Fsp3) is 0.826. The molecule has 0 unspecified atom stereocenters. The molecule has 1 aromatic heterocycles. The van der Waals surface area contributed by atoms with Gasteiger partial charge in [-0.3, -0.25) is 4.79 Å². The lowest BCUT2D eigenvalue weighted by Gasteiger charge is -2.30. The Morgan fingerprint density at radius 2 is 1.91 bits per heavy atom. The first kappa shape index (κ1) is 24.0. The molecular weight excluding hydrogens is 441 g/mol. The molecule has 180 valence electrons. The lowest BCUT2D eigenvalue weighted by atomic mass is 9.91. The molecule has 4 rings (SSSR count). The number of carbonyl (C=O) groups excluding carboxylic acids is 1. The summed E-state index contributed by atoms with van der Waals surface area (Å²) in [5.74, 6) is 1.60. The van der Waals surface area contributed by atoms with Crippen LogP contribution in [0.5, 0.6) is 5.19 Å². The van der Waals surface area contributed by atoms with Gasteiger partial charge in [-0.1, -0.05) is 24.2 Å². The normalized spacial score (nSPS) is 24.7. The molecular formula is C23H33F3N2O3S. The van der Waals surface area contributed by atoms with Crippen LogP contribution in [0, 0.1) is 11.8 Å². The van der Waals surface area contributed by atoms with E-state index in [-0.39, 0.29) is 11.3 Å². The summed E-state index contributed by atoms with van der Waals surface area (Å²) in [6.07, 6.45) is 5.62. The van der Waals surface area contributed by atoms with Crippen molar-refractivity contribution in [2.75, 3.05) is 32.8 Å². The zero-order chi connectivity index (χ0) is 22.6. The number of halogens is 3. The summed E-state index contributed by atoms with van der Waals surface area (Å²) in [6.45, 7) is 2.07. The van der Waals surface area contributed by atoms with Gasteiger partial charge in [-0.05, 0) is 43.9 Å². The predicted octanol–water partition coefficient (Wildman–Crippen LogP) is 4.82. The van der Waals surface area contributed by atoms with Crippen molar-refractivity contribution in [1.29, 1.82) is 0 Å². The molecule has 0 aromatic carbocycles. The average Bonchev–Trinajstić information content (AvgIpc) is 3.53. The first-order valence-corrected chi connectivity index (χ1v) is 12.7. The lowest BCUT2D eigenvalue weighted by Crippen LogP contribution is -2.33. The van der Waals surface area contributed by atoms with Crippen LogP contribution >= 0.6 is 11.3 Å². The van der Waals surface area contributed by atoms with Crippen molar-refractivity contribution in [2.45, 2.75) is 76.5 Å². The number of hydrogen-bond acceptors (Lipinski definition) is 6. The first-order chi connectivity index (χ1) is 15.3. The summed E-state index contributed by atoms with van der Waals surface area (Å²) in [4.78, 5) is 19.8. The number of ether oxygens (including phenoxy) is 2. The summed E-state index contributed by atoms with van der Waals surface area (Å²) < 4.78 is 47.9. The highest BCUT2D eigenvalue weighted by molar-refractivity contribution is 7.13. The minimum atomic E-state index is -4.34. The van der Waals surface area contributed by atoms with Gasteiger partial charge in [0, 0.05) is 43.8 Å². The molecule has 32 heavy (non-hydrogen) atoms. The van der Waals surface area contributed by atoms with Gasteiger partial charge in [-0.25, -0.2) is 4.98 Å². The lowest BCUT2D eigenvalue weighted by molar-refractivity contribution is -0.153. The smallest absolute Gasteiger partial charge is 0.422 e. The van der Waals surface area contributed by atoms with Crippen molar-refractivity contribution in [1.82, 2.24) is 9.88 Å². The van der Waals surface area contributed by atoms with E-state index in [0.29, 0.717) is 24.7 Å². The zero-order valence-electron chi connectivity index (χ0n) is 18.5. The summed E-state index contributed by atoms with van der Waals surface area (Å²) in [5.41, 5.74) is 0.873. The average molecular weight is 475 g/mol. The number of ketones is 1. The van der Waals surface area contributed by atoms with Gasteiger partial charge in [-0.2, -0.15) is 13.2 Å². The highest BCUT2D eigenvalue weighted by Crippen LogP contribution is 2.34. The largest absolute Gasteiger partial charge is 0.460 e. The minimum Gasteiger partial charge on any atom is -0.460 e. The fourth-order valence-electron chi connectivity index (χ4n) is 4.59. The number of Topliss-reactive ketones (excluding diaryl/α,β-unsaturated/α-hetero) is 1. The van der Waals surface area contributed by atoms with Crippen LogP contribution < -0.4 is 4.74 Å². The summed E-state index contributed by atoms with van der Waals surface area (Å²) in [6, 6.07) is 0. The first-order valence-electron chi connectivity index (χ1n) is 11.9. The Balaban J connectivity index is 1.12. The number of nitrogens with zero attached hydrogens (tertiary/aromatic N) is 2. The molecule has 0 bridgehead atoms. The summed E-state index contributed by atoms with van der Waals surface area (Å²) >= 11 is 1.24. The van der Waals surface area contributed by atoms with E-state index >= 15 is 0 Å². The third-order valence-corrected chi connectivity index (χ3v) is 7.78. The van der Waals surface area contributed by atoms with Crippen LogP contribution in [0.4, 0.5) is 13.2 Å². The number of aromatic nitrogens is 1. The Morgan fingerprint density at radius 3 is 2.62 bits per heavy atom. The van der Waals surface area contributed by atoms with E-state index in [4.69, 9.17) is 9.47 Å². The van der Waals surface area contributed by atoms with Crippen LogP contribution in [0.1, 0.15) is 61.9 Å². The molecule has 2 aliphatic heterocycles. The predicted molar refractivity (Wildman–Crippen MR) is 116 cm³/mol. The van der Waals surface area contributed by atoms with E-state index in [9.17, 15) is 18.0 Å². The number of alkyl halides is 3. The quantitative estimate of drug-likeness (QED) is 0.487. The van der Waals surface area contributed by atoms with E-state index in [0.717, 1.165) is 81.1 Å². The van der Waals surface area contributed by atoms with E-state index in [1.54, 1.807) is 0 Å². The number of fused-ring (bicyclic) bond motifs is 1.